The Morgan fingerprint density at radius 1 is 1.15 bits per heavy atom. The summed E-state index contributed by atoms with van der Waals surface area (Å²) in [4.78, 5) is 26.7. The monoisotopic (exact) mass is 310 g/mol. The maximum Gasteiger partial charge on any atom is 0.335 e. The minimum Gasteiger partial charge on any atom is -0.478 e. The van der Waals surface area contributed by atoms with Crippen LogP contribution in [0.2, 0.25) is 10.0 Å². The van der Waals surface area contributed by atoms with E-state index in [0.717, 1.165) is 0 Å². The fourth-order valence-electron chi connectivity index (χ4n) is 1.49. The number of carbonyl (C=O) groups is 2. The van der Waals surface area contributed by atoms with E-state index in [9.17, 15) is 9.59 Å². The highest BCUT2D eigenvalue weighted by molar-refractivity contribution is 6.37. The van der Waals surface area contributed by atoms with Gasteiger partial charge in [0.2, 0.25) is 0 Å². The summed E-state index contributed by atoms with van der Waals surface area (Å²) in [7, 11) is 0. The van der Waals surface area contributed by atoms with Crippen molar-refractivity contribution in [1.82, 2.24) is 4.98 Å². The zero-order valence-electron chi connectivity index (χ0n) is 9.93. The van der Waals surface area contributed by atoms with Gasteiger partial charge in [-0.25, -0.2) is 9.78 Å². The van der Waals surface area contributed by atoms with E-state index >= 15 is 0 Å². The van der Waals surface area contributed by atoms with Gasteiger partial charge < -0.3 is 10.4 Å². The third kappa shape index (κ3) is 3.26. The van der Waals surface area contributed by atoms with Gasteiger partial charge in [-0.1, -0.05) is 23.2 Å². The molecule has 1 amide bonds. The summed E-state index contributed by atoms with van der Waals surface area (Å²) < 4.78 is 0. The fraction of sp³-hybridized carbons (Fsp3) is 0. The van der Waals surface area contributed by atoms with Crippen molar-refractivity contribution in [2.45, 2.75) is 0 Å². The van der Waals surface area contributed by atoms with Crippen molar-refractivity contribution in [3.63, 3.8) is 0 Å². The Bertz CT molecular complexity index is 689. The van der Waals surface area contributed by atoms with Gasteiger partial charge in [0, 0.05) is 11.2 Å². The van der Waals surface area contributed by atoms with Gasteiger partial charge in [-0.05, 0) is 30.3 Å². The molecule has 0 radical (unpaired) electrons. The number of aromatic nitrogens is 1. The standard InChI is InChI=1S/C13H8Cl2N2O3/c14-8-1-2-9(10(15)6-8)12(18)17-11-5-7(13(19)20)3-4-16-11/h1-6H,(H,19,20)(H,16,17,18). The van der Waals surface area contributed by atoms with E-state index < -0.39 is 11.9 Å². The molecule has 2 aromatic rings. The summed E-state index contributed by atoms with van der Waals surface area (Å²) in [5.74, 6) is -1.48. The van der Waals surface area contributed by atoms with Crippen LogP contribution in [0.4, 0.5) is 5.82 Å². The third-order valence-corrected chi connectivity index (χ3v) is 2.97. The molecule has 0 spiro atoms. The highest BCUT2D eigenvalue weighted by Crippen LogP contribution is 2.21. The summed E-state index contributed by atoms with van der Waals surface area (Å²) >= 11 is 11.7. The normalized spacial score (nSPS) is 10.1. The number of carboxylic acids is 1. The van der Waals surface area contributed by atoms with Crippen LogP contribution in [0.15, 0.2) is 36.5 Å². The first-order chi connectivity index (χ1) is 9.47. The van der Waals surface area contributed by atoms with Gasteiger partial charge in [-0.3, -0.25) is 4.79 Å². The van der Waals surface area contributed by atoms with Crippen LogP contribution in [0, 0.1) is 0 Å². The molecular weight excluding hydrogens is 303 g/mol. The Labute approximate surface area is 124 Å². The molecular formula is C13H8Cl2N2O3. The molecule has 0 fully saturated rings. The molecule has 1 aromatic heterocycles. The molecule has 2 rings (SSSR count). The predicted molar refractivity (Wildman–Crippen MR) is 75.6 cm³/mol. The second kappa shape index (κ2) is 5.90. The highest BCUT2D eigenvalue weighted by Gasteiger charge is 2.12. The minimum atomic E-state index is -1.10. The number of rotatable bonds is 3. The van der Waals surface area contributed by atoms with Crippen LogP contribution in [0.5, 0.6) is 0 Å². The lowest BCUT2D eigenvalue weighted by Gasteiger charge is -2.06. The van der Waals surface area contributed by atoms with Crippen molar-refractivity contribution in [1.29, 1.82) is 0 Å². The van der Waals surface area contributed by atoms with Gasteiger partial charge in [0.1, 0.15) is 5.82 Å². The van der Waals surface area contributed by atoms with Crippen LogP contribution in [0.1, 0.15) is 20.7 Å². The molecule has 0 aliphatic carbocycles. The number of hydrogen-bond donors (Lipinski definition) is 2. The molecule has 0 saturated carbocycles. The number of carbonyl (C=O) groups excluding carboxylic acids is 1. The van der Waals surface area contributed by atoms with Gasteiger partial charge in [-0.2, -0.15) is 0 Å². The number of benzene rings is 1. The number of nitrogens with zero attached hydrogens (tertiary/aromatic N) is 1. The number of nitrogens with one attached hydrogen (secondary N) is 1. The summed E-state index contributed by atoms with van der Waals surface area (Å²) in [6, 6.07) is 7.03. The Kier molecular flexibility index (Phi) is 4.22. The van der Waals surface area contributed by atoms with Crippen molar-refractivity contribution >= 4 is 40.9 Å². The van der Waals surface area contributed by atoms with Crippen LogP contribution in [-0.4, -0.2) is 22.0 Å². The highest BCUT2D eigenvalue weighted by atomic mass is 35.5. The topological polar surface area (TPSA) is 79.3 Å². The van der Waals surface area contributed by atoms with Gasteiger partial charge in [0.15, 0.2) is 0 Å². The number of halogens is 2. The van der Waals surface area contributed by atoms with Gasteiger partial charge in [-0.15, -0.1) is 0 Å². The third-order valence-electron chi connectivity index (χ3n) is 2.42. The van der Waals surface area contributed by atoms with E-state index in [4.69, 9.17) is 28.3 Å². The first-order valence-corrected chi connectivity index (χ1v) is 6.18. The largest absolute Gasteiger partial charge is 0.478 e. The van der Waals surface area contributed by atoms with E-state index in [1.807, 2.05) is 0 Å². The van der Waals surface area contributed by atoms with Crippen molar-refractivity contribution in [3.8, 4) is 0 Å². The molecule has 0 bridgehead atoms. The molecule has 2 N–H and O–H groups in total. The number of amides is 1. The Balaban J connectivity index is 2.23. The Morgan fingerprint density at radius 3 is 2.55 bits per heavy atom. The van der Waals surface area contributed by atoms with Crippen LogP contribution in [0.3, 0.4) is 0 Å². The summed E-state index contributed by atoms with van der Waals surface area (Å²) in [5, 5.41) is 11.9. The second-order valence-electron chi connectivity index (χ2n) is 3.81. The first-order valence-electron chi connectivity index (χ1n) is 5.43. The molecule has 1 heterocycles. The Hall–Kier alpha value is -2.11. The molecule has 102 valence electrons. The molecule has 7 heteroatoms. The maximum absolute atomic E-state index is 12.0. The van der Waals surface area contributed by atoms with Crippen molar-refractivity contribution < 1.29 is 14.7 Å². The molecule has 20 heavy (non-hydrogen) atoms. The molecule has 0 saturated heterocycles. The molecule has 5 nitrogen and oxygen atoms in total. The number of aromatic carboxylic acids is 1. The second-order valence-corrected chi connectivity index (χ2v) is 4.66. The lowest BCUT2D eigenvalue weighted by atomic mass is 10.2. The van der Waals surface area contributed by atoms with Crippen molar-refractivity contribution in [2.24, 2.45) is 0 Å². The molecule has 0 atom stereocenters. The average molecular weight is 311 g/mol. The van der Waals surface area contributed by atoms with Crippen LogP contribution < -0.4 is 5.32 Å². The summed E-state index contributed by atoms with van der Waals surface area (Å²) in [6.07, 6.45) is 1.29. The lowest BCUT2D eigenvalue weighted by Crippen LogP contribution is -2.14. The SMILES string of the molecule is O=C(O)c1ccnc(NC(=O)c2ccc(Cl)cc2Cl)c1. The van der Waals surface area contributed by atoms with Crippen LogP contribution in [-0.2, 0) is 0 Å². The summed E-state index contributed by atoms with van der Waals surface area (Å²) in [6.45, 7) is 0. The Morgan fingerprint density at radius 2 is 1.90 bits per heavy atom. The van der Waals surface area contributed by atoms with Gasteiger partial charge >= 0.3 is 5.97 Å². The number of hydrogen-bond acceptors (Lipinski definition) is 3. The van der Waals surface area contributed by atoms with E-state index in [-0.39, 0.29) is 22.0 Å². The average Bonchev–Trinajstić information content (AvgIpc) is 2.38. The van der Waals surface area contributed by atoms with Gasteiger partial charge in [0.05, 0.1) is 16.1 Å². The summed E-state index contributed by atoms with van der Waals surface area (Å²) in [5.41, 5.74) is 0.246. The minimum absolute atomic E-state index is 0.0255. The fourth-order valence-corrected chi connectivity index (χ4v) is 1.98. The molecule has 0 unspecified atom stereocenters. The zero-order chi connectivity index (χ0) is 14.7. The molecule has 1 aromatic carbocycles. The lowest BCUT2D eigenvalue weighted by molar-refractivity contribution is 0.0696. The predicted octanol–water partition coefficient (Wildman–Crippen LogP) is 3.34. The number of anilines is 1. The van der Waals surface area contributed by atoms with Gasteiger partial charge in [0.25, 0.3) is 5.91 Å². The first kappa shape index (κ1) is 14.3. The van der Waals surface area contributed by atoms with E-state index in [0.29, 0.717) is 5.02 Å². The van der Waals surface area contributed by atoms with Crippen molar-refractivity contribution in [2.75, 3.05) is 5.32 Å². The smallest absolute Gasteiger partial charge is 0.335 e. The zero-order valence-corrected chi connectivity index (χ0v) is 11.4. The molecule has 0 aliphatic heterocycles. The van der Waals surface area contributed by atoms with Crippen LogP contribution in [0.25, 0.3) is 0 Å². The quantitative estimate of drug-likeness (QED) is 0.911. The maximum atomic E-state index is 12.0. The van der Waals surface area contributed by atoms with Crippen molar-refractivity contribution in [3.05, 3.63) is 57.7 Å². The van der Waals surface area contributed by atoms with E-state index in [2.05, 4.69) is 10.3 Å². The number of pyridine rings is 1. The number of carboxylic acid groups (broad SMARTS) is 1. The van der Waals surface area contributed by atoms with E-state index in [1.165, 1.54) is 36.5 Å². The van der Waals surface area contributed by atoms with Crippen LogP contribution >= 0.6 is 23.2 Å². The molecule has 0 aliphatic rings. The van der Waals surface area contributed by atoms with E-state index in [1.54, 1.807) is 0 Å².